The van der Waals surface area contributed by atoms with Gasteiger partial charge in [0.1, 0.15) is 5.75 Å². The first-order valence-electron chi connectivity index (χ1n) is 5.19. The second-order valence-electron chi connectivity index (χ2n) is 3.18. The van der Waals surface area contributed by atoms with Crippen LogP contribution in [0.5, 0.6) is 5.75 Å². The lowest BCUT2D eigenvalue weighted by atomic mass is 10.1. The van der Waals surface area contributed by atoms with E-state index in [0.29, 0.717) is 0 Å². The number of rotatable bonds is 5. The highest BCUT2D eigenvalue weighted by Gasteiger charge is 1.93. The average molecular weight is 190 g/mol. The molecule has 1 rings (SSSR count). The van der Waals surface area contributed by atoms with Crippen LogP contribution in [-0.2, 0) is 6.42 Å². The molecule has 0 saturated carbocycles. The molecule has 0 N–H and O–H groups in total. The van der Waals surface area contributed by atoms with E-state index in [1.807, 2.05) is 19.1 Å². The lowest BCUT2D eigenvalue weighted by molar-refractivity contribution is 0.340. The topological polar surface area (TPSA) is 9.23 Å². The molecule has 0 fully saturated rings. The molecule has 1 heteroatoms. The van der Waals surface area contributed by atoms with Crippen LogP contribution in [0.1, 0.15) is 25.8 Å². The fourth-order valence-electron chi connectivity index (χ4n) is 1.34. The van der Waals surface area contributed by atoms with E-state index < -0.39 is 0 Å². The first-order chi connectivity index (χ1) is 6.86. The van der Waals surface area contributed by atoms with Gasteiger partial charge in [0, 0.05) is 0 Å². The standard InChI is InChI=1S/C13H18O/c1-3-5-6-7-12-8-10-13(11-9-12)14-4-2/h3,5,8-11H,4,6-7H2,1-2H3/b5-3+. The Hall–Kier alpha value is -1.24. The predicted octanol–water partition coefficient (Wildman–Crippen LogP) is 3.59. The van der Waals surface area contributed by atoms with E-state index in [1.165, 1.54) is 5.56 Å². The lowest BCUT2D eigenvalue weighted by Gasteiger charge is -2.03. The Kier molecular flexibility index (Phi) is 4.84. The Labute approximate surface area is 86.4 Å². The number of hydrogen-bond donors (Lipinski definition) is 0. The summed E-state index contributed by atoms with van der Waals surface area (Å²) in [5, 5.41) is 0. The predicted molar refractivity (Wildman–Crippen MR) is 60.7 cm³/mol. The Morgan fingerprint density at radius 3 is 2.50 bits per heavy atom. The summed E-state index contributed by atoms with van der Waals surface area (Å²) in [6, 6.07) is 8.34. The third-order valence-corrected chi connectivity index (χ3v) is 2.07. The van der Waals surface area contributed by atoms with Crippen LogP contribution in [0.4, 0.5) is 0 Å². The monoisotopic (exact) mass is 190 g/mol. The smallest absolute Gasteiger partial charge is 0.119 e. The van der Waals surface area contributed by atoms with Gasteiger partial charge in [-0.15, -0.1) is 0 Å². The molecule has 0 spiro atoms. The maximum Gasteiger partial charge on any atom is 0.119 e. The zero-order valence-electron chi connectivity index (χ0n) is 8.99. The zero-order valence-corrected chi connectivity index (χ0v) is 8.99. The van der Waals surface area contributed by atoms with E-state index in [-0.39, 0.29) is 0 Å². The van der Waals surface area contributed by atoms with Gasteiger partial charge in [0.05, 0.1) is 6.61 Å². The zero-order chi connectivity index (χ0) is 10.2. The van der Waals surface area contributed by atoms with Crippen molar-refractivity contribution in [1.82, 2.24) is 0 Å². The van der Waals surface area contributed by atoms with Crippen molar-refractivity contribution in [2.24, 2.45) is 0 Å². The second kappa shape index (κ2) is 6.25. The molecule has 1 aromatic carbocycles. The molecule has 0 aliphatic heterocycles. The lowest BCUT2D eigenvalue weighted by Crippen LogP contribution is -1.91. The number of hydrogen-bond acceptors (Lipinski definition) is 1. The summed E-state index contributed by atoms with van der Waals surface area (Å²) >= 11 is 0. The van der Waals surface area contributed by atoms with Crippen LogP contribution in [0.25, 0.3) is 0 Å². The van der Waals surface area contributed by atoms with Gasteiger partial charge in [-0.05, 0) is 44.4 Å². The largest absolute Gasteiger partial charge is 0.494 e. The van der Waals surface area contributed by atoms with E-state index in [4.69, 9.17) is 4.74 Å². The minimum absolute atomic E-state index is 0.734. The molecule has 0 bridgehead atoms. The molecule has 0 atom stereocenters. The SMILES string of the molecule is C/C=C/CCc1ccc(OCC)cc1. The molecule has 0 aliphatic rings. The fraction of sp³-hybridized carbons (Fsp3) is 0.385. The summed E-state index contributed by atoms with van der Waals surface area (Å²) in [6.45, 7) is 4.79. The molecular weight excluding hydrogens is 172 g/mol. The summed E-state index contributed by atoms with van der Waals surface area (Å²) < 4.78 is 5.37. The maximum absolute atomic E-state index is 5.37. The molecule has 0 amide bonds. The Balaban J connectivity index is 2.46. The summed E-state index contributed by atoms with van der Waals surface area (Å²) in [5.74, 6) is 0.960. The summed E-state index contributed by atoms with van der Waals surface area (Å²) in [7, 11) is 0. The van der Waals surface area contributed by atoms with Crippen LogP contribution < -0.4 is 4.74 Å². The van der Waals surface area contributed by atoms with Crippen molar-refractivity contribution in [3.63, 3.8) is 0 Å². The number of ether oxygens (including phenoxy) is 1. The highest BCUT2D eigenvalue weighted by Crippen LogP contribution is 2.13. The molecule has 0 aliphatic carbocycles. The van der Waals surface area contributed by atoms with Gasteiger partial charge < -0.3 is 4.74 Å². The third kappa shape index (κ3) is 3.65. The van der Waals surface area contributed by atoms with Gasteiger partial charge in [0.2, 0.25) is 0 Å². The molecule has 0 radical (unpaired) electrons. The highest BCUT2D eigenvalue weighted by molar-refractivity contribution is 5.27. The van der Waals surface area contributed by atoms with Crippen LogP contribution >= 0.6 is 0 Å². The summed E-state index contributed by atoms with van der Waals surface area (Å²) in [5.41, 5.74) is 1.37. The first kappa shape index (κ1) is 10.8. The van der Waals surface area contributed by atoms with Gasteiger partial charge in [-0.25, -0.2) is 0 Å². The van der Waals surface area contributed by atoms with Crippen LogP contribution in [0.2, 0.25) is 0 Å². The number of aryl methyl sites for hydroxylation is 1. The van der Waals surface area contributed by atoms with Gasteiger partial charge in [-0.1, -0.05) is 24.3 Å². The van der Waals surface area contributed by atoms with Crippen molar-refractivity contribution >= 4 is 0 Å². The third-order valence-electron chi connectivity index (χ3n) is 2.07. The highest BCUT2D eigenvalue weighted by atomic mass is 16.5. The molecule has 0 saturated heterocycles. The Morgan fingerprint density at radius 1 is 1.21 bits per heavy atom. The van der Waals surface area contributed by atoms with Gasteiger partial charge in [-0.3, -0.25) is 0 Å². The minimum atomic E-state index is 0.734. The molecular formula is C13H18O. The van der Waals surface area contributed by atoms with Crippen LogP contribution in [0, 0.1) is 0 Å². The molecule has 76 valence electrons. The fourth-order valence-corrected chi connectivity index (χ4v) is 1.34. The van der Waals surface area contributed by atoms with Crippen molar-refractivity contribution in [2.75, 3.05) is 6.61 Å². The Bertz CT molecular complexity index is 272. The summed E-state index contributed by atoms with van der Waals surface area (Å²) in [6.07, 6.45) is 6.51. The van der Waals surface area contributed by atoms with Crippen molar-refractivity contribution in [2.45, 2.75) is 26.7 Å². The van der Waals surface area contributed by atoms with Crippen LogP contribution in [-0.4, -0.2) is 6.61 Å². The van der Waals surface area contributed by atoms with Gasteiger partial charge >= 0.3 is 0 Å². The average Bonchev–Trinajstić information content (AvgIpc) is 2.21. The van der Waals surface area contributed by atoms with Gasteiger partial charge in [0.25, 0.3) is 0 Å². The quantitative estimate of drug-likeness (QED) is 0.645. The van der Waals surface area contributed by atoms with E-state index in [9.17, 15) is 0 Å². The number of allylic oxidation sites excluding steroid dienone is 2. The molecule has 0 heterocycles. The molecule has 0 unspecified atom stereocenters. The van der Waals surface area contributed by atoms with Gasteiger partial charge in [-0.2, -0.15) is 0 Å². The molecule has 14 heavy (non-hydrogen) atoms. The minimum Gasteiger partial charge on any atom is -0.494 e. The van der Waals surface area contributed by atoms with Crippen LogP contribution in [0.3, 0.4) is 0 Å². The van der Waals surface area contributed by atoms with Crippen molar-refractivity contribution in [3.8, 4) is 5.75 Å². The molecule has 1 nitrogen and oxygen atoms in total. The van der Waals surface area contributed by atoms with Crippen molar-refractivity contribution in [3.05, 3.63) is 42.0 Å². The molecule has 1 aromatic rings. The maximum atomic E-state index is 5.37. The van der Waals surface area contributed by atoms with Crippen LogP contribution in [0.15, 0.2) is 36.4 Å². The van der Waals surface area contributed by atoms with E-state index in [2.05, 4.69) is 31.2 Å². The van der Waals surface area contributed by atoms with Crippen molar-refractivity contribution in [1.29, 1.82) is 0 Å². The Morgan fingerprint density at radius 2 is 1.93 bits per heavy atom. The number of benzene rings is 1. The molecule has 0 aromatic heterocycles. The van der Waals surface area contributed by atoms with E-state index in [0.717, 1.165) is 25.2 Å². The second-order valence-corrected chi connectivity index (χ2v) is 3.18. The first-order valence-corrected chi connectivity index (χ1v) is 5.19. The van der Waals surface area contributed by atoms with Gasteiger partial charge in [0.15, 0.2) is 0 Å². The summed E-state index contributed by atoms with van der Waals surface area (Å²) in [4.78, 5) is 0. The van der Waals surface area contributed by atoms with Crippen molar-refractivity contribution < 1.29 is 4.74 Å². The normalized spacial score (nSPS) is 10.7. The van der Waals surface area contributed by atoms with E-state index in [1.54, 1.807) is 0 Å². The van der Waals surface area contributed by atoms with E-state index >= 15 is 0 Å².